The number of methoxy groups -OCH3 is 1. The quantitative estimate of drug-likeness (QED) is 0.848. The molecule has 1 heterocycles. The number of carbonyl (C=O) groups excluding carboxylic acids is 1. The molecule has 1 aliphatic rings. The topological polar surface area (TPSA) is 38.3 Å². The summed E-state index contributed by atoms with van der Waals surface area (Å²) in [5.41, 5.74) is 1.92. The smallest absolute Gasteiger partial charge is 0.232 e. The van der Waals surface area contributed by atoms with Crippen LogP contribution in [0.4, 0.5) is 5.69 Å². The minimum absolute atomic E-state index is 0.0231. The van der Waals surface area contributed by atoms with Gasteiger partial charge in [-0.3, -0.25) is 4.79 Å². The highest BCUT2D eigenvalue weighted by molar-refractivity contribution is 6.04. The number of fused-ring (bicyclic) bond motifs is 1. The molecule has 86 valence electrons. The molecular formula is C13H17NO2. The Bertz CT molecular complexity index is 412. The van der Waals surface area contributed by atoms with Gasteiger partial charge in [-0.15, -0.1) is 0 Å². The van der Waals surface area contributed by atoms with Crippen LogP contribution in [-0.4, -0.2) is 13.0 Å². The Kier molecular flexibility index (Phi) is 2.86. The number of para-hydroxylation sites is 1. The SMILES string of the molecule is COc1cccc2c1NC(=O)C2CC(C)C. The Hall–Kier alpha value is -1.51. The highest BCUT2D eigenvalue weighted by atomic mass is 16.5. The lowest BCUT2D eigenvalue weighted by Crippen LogP contribution is -2.13. The minimum Gasteiger partial charge on any atom is -0.495 e. The molecule has 0 fully saturated rings. The third-order valence-corrected chi connectivity index (χ3v) is 2.93. The van der Waals surface area contributed by atoms with Crippen molar-refractivity contribution in [3.8, 4) is 5.75 Å². The van der Waals surface area contributed by atoms with Gasteiger partial charge in [0.25, 0.3) is 0 Å². The first-order valence-corrected chi connectivity index (χ1v) is 5.61. The van der Waals surface area contributed by atoms with Gasteiger partial charge in [0.2, 0.25) is 5.91 Å². The molecule has 1 atom stereocenters. The molecule has 0 radical (unpaired) electrons. The molecule has 0 saturated carbocycles. The van der Waals surface area contributed by atoms with Crippen molar-refractivity contribution in [2.45, 2.75) is 26.2 Å². The maximum Gasteiger partial charge on any atom is 0.232 e. The van der Waals surface area contributed by atoms with Gasteiger partial charge in [0, 0.05) is 0 Å². The minimum atomic E-state index is -0.0231. The fourth-order valence-electron chi connectivity index (χ4n) is 2.20. The van der Waals surface area contributed by atoms with Gasteiger partial charge in [0.05, 0.1) is 18.7 Å². The number of carbonyl (C=O) groups is 1. The second-order valence-corrected chi connectivity index (χ2v) is 4.60. The first kappa shape index (κ1) is 11.0. The summed E-state index contributed by atoms with van der Waals surface area (Å²) in [4.78, 5) is 11.9. The van der Waals surface area contributed by atoms with Gasteiger partial charge in [0.15, 0.2) is 0 Å². The Morgan fingerprint density at radius 1 is 1.44 bits per heavy atom. The maximum absolute atomic E-state index is 11.9. The van der Waals surface area contributed by atoms with Crippen molar-refractivity contribution >= 4 is 11.6 Å². The fraction of sp³-hybridized carbons (Fsp3) is 0.462. The van der Waals surface area contributed by atoms with Crippen molar-refractivity contribution in [3.63, 3.8) is 0 Å². The third kappa shape index (κ3) is 1.77. The molecule has 0 aliphatic carbocycles. The zero-order chi connectivity index (χ0) is 11.7. The molecule has 0 aromatic heterocycles. The number of rotatable bonds is 3. The van der Waals surface area contributed by atoms with E-state index in [9.17, 15) is 4.79 Å². The fourth-order valence-corrected chi connectivity index (χ4v) is 2.20. The third-order valence-electron chi connectivity index (χ3n) is 2.93. The molecule has 3 nitrogen and oxygen atoms in total. The predicted molar refractivity (Wildman–Crippen MR) is 63.8 cm³/mol. The number of ether oxygens (including phenoxy) is 1. The van der Waals surface area contributed by atoms with E-state index < -0.39 is 0 Å². The van der Waals surface area contributed by atoms with Crippen LogP contribution in [0.3, 0.4) is 0 Å². The van der Waals surface area contributed by atoms with Crippen LogP contribution in [-0.2, 0) is 4.79 Å². The summed E-state index contributed by atoms with van der Waals surface area (Å²) in [5.74, 6) is 1.32. The summed E-state index contributed by atoms with van der Waals surface area (Å²) < 4.78 is 5.24. The number of amides is 1. The summed E-state index contributed by atoms with van der Waals surface area (Å²) >= 11 is 0. The molecule has 3 heteroatoms. The zero-order valence-electron chi connectivity index (χ0n) is 9.91. The first-order valence-electron chi connectivity index (χ1n) is 5.61. The van der Waals surface area contributed by atoms with Crippen LogP contribution in [0.25, 0.3) is 0 Å². The highest BCUT2D eigenvalue weighted by Crippen LogP contribution is 2.41. The van der Waals surface area contributed by atoms with Gasteiger partial charge in [0.1, 0.15) is 5.75 Å². The van der Waals surface area contributed by atoms with E-state index in [1.54, 1.807) is 7.11 Å². The van der Waals surface area contributed by atoms with E-state index in [4.69, 9.17) is 4.74 Å². The molecule has 1 unspecified atom stereocenters. The largest absolute Gasteiger partial charge is 0.495 e. The lowest BCUT2D eigenvalue weighted by atomic mass is 9.91. The maximum atomic E-state index is 11.9. The van der Waals surface area contributed by atoms with Crippen molar-refractivity contribution in [3.05, 3.63) is 23.8 Å². The van der Waals surface area contributed by atoms with E-state index in [-0.39, 0.29) is 11.8 Å². The summed E-state index contributed by atoms with van der Waals surface area (Å²) in [7, 11) is 1.62. The molecule has 0 bridgehead atoms. The second-order valence-electron chi connectivity index (χ2n) is 4.60. The van der Waals surface area contributed by atoms with E-state index in [2.05, 4.69) is 19.2 Å². The van der Waals surface area contributed by atoms with Gasteiger partial charge < -0.3 is 10.1 Å². The highest BCUT2D eigenvalue weighted by Gasteiger charge is 2.32. The van der Waals surface area contributed by atoms with E-state index >= 15 is 0 Å². The summed E-state index contributed by atoms with van der Waals surface area (Å²) in [6.07, 6.45) is 0.881. The van der Waals surface area contributed by atoms with E-state index in [1.807, 2.05) is 18.2 Å². The van der Waals surface area contributed by atoms with Crippen LogP contribution >= 0.6 is 0 Å². The zero-order valence-corrected chi connectivity index (χ0v) is 9.91. The molecular weight excluding hydrogens is 202 g/mol. The normalized spacial score (nSPS) is 18.5. The van der Waals surface area contributed by atoms with Crippen molar-refractivity contribution in [1.29, 1.82) is 0 Å². The molecule has 1 aromatic rings. The van der Waals surface area contributed by atoms with Crippen molar-refractivity contribution in [1.82, 2.24) is 0 Å². The number of nitrogens with one attached hydrogen (secondary N) is 1. The summed E-state index contributed by atoms with van der Waals surface area (Å²) in [6, 6.07) is 5.81. The van der Waals surface area contributed by atoms with E-state index in [0.29, 0.717) is 5.92 Å². The van der Waals surface area contributed by atoms with Gasteiger partial charge >= 0.3 is 0 Å². The Morgan fingerprint density at radius 2 is 2.19 bits per heavy atom. The number of anilines is 1. The average molecular weight is 219 g/mol. The van der Waals surface area contributed by atoms with Crippen LogP contribution in [0.1, 0.15) is 31.7 Å². The molecule has 0 saturated heterocycles. The van der Waals surface area contributed by atoms with Gasteiger partial charge in [-0.2, -0.15) is 0 Å². The lowest BCUT2D eigenvalue weighted by molar-refractivity contribution is -0.117. The molecule has 1 aromatic carbocycles. The van der Waals surface area contributed by atoms with Gasteiger partial charge in [-0.1, -0.05) is 26.0 Å². The molecule has 1 amide bonds. The van der Waals surface area contributed by atoms with Gasteiger partial charge in [-0.05, 0) is 24.0 Å². The standard InChI is InChI=1S/C13H17NO2/c1-8(2)7-10-9-5-4-6-11(16-3)12(9)14-13(10)15/h4-6,8,10H,7H2,1-3H3,(H,14,15). The molecule has 2 rings (SSSR count). The van der Waals surface area contributed by atoms with Crippen LogP contribution in [0.15, 0.2) is 18.2 Å². The number of hydrogen-bond acceptors (Lipinski definition) is 2. The van der Waals surface area contributed by atoms with Crippen LogP contribution < -0.4 is 10.1 Å². The molecule has 1 N–H and O–H groups in total. The van der Waals surface area contributed by atoms with Gasteiger partial charge in [-0.25, -0.2) is 0 Å². The monoisotopic (exact) mass is 219 g/mol. The Balaban J connectivity index is 2.38. The van der Waals surface area contributed by atoms with Crippen LogP contribution in [0, 0.1) is 5.92 Å². The van der Waals surface area contributed by atoms with Crippen LogP contribution in [0.5, 0.6) is 5.75 Å². The molecule has 16 heavy (non-hydrogen) atoms. The first-order chi connectivity index (χ1) is 7.63. The summed E-state index contributed by atoms with van der Waals surface area (Å²) in [5, 5.41) is 2.91. The lowest BCUT2D eigenvalue weighted by Gasteiger charge is -2.11. The van der Waals surface area contributed by atoms with E-state index in [1.165, 1.54) is 0 Å². The average Bonchev–Trinajstić information content (AvgIpc) is 2.55. The predicted octanol–water partition coefficient (Wildman–Crippen LogP) is 2.78. The van der Waals surface area contributed by atoms with Crippen molar-refractivity contribution in [2.24, 2.45) is 5.92 Å². The second kappa shape index (κ2) is 4.16. The summed E-state index contributed by atoms with van der Waals surface area (Å²) in [6.45, 7) is 4.26. The number of benzene rings is 1. The molecule has 1 aliphatic heterocycles. The number of hydrogen-bond donors (Lipinski definition) is 1. The Morgan fingerprint density at radius 3 is 2.81 bits per heavy atom. The molecule has 0 spiro atoms. The van der Waals surface area contributed by atoms with Crippen LogP contribution in [0.2, 0.25) is 0 Å². The Labute approximate surface area is 95.8 Å². The van der Waals surface area contributed by atoms with Crippen molar-refractivity contribution in [2.75, 3.05) is 12.4 Å². The van der Waals surface area contributed by atoms with E-state index in [0.717, 1.165) is 23.4 Å². The van der Waals surface area contributed by atoms with Crippen molar-refractivity contribution < 1.29 is 9.53 Å².